The van der Waals surface area contributed by atoms with E-state index in [4.69, 9.17) is 0 Å². The Balaban J connectivity index is 3.76. The van der Waals surface area contributed by atoms with Gasteiger partial charge >= 0.3 is 0 Å². The van der Waals surface area contributed by atoms with E-state index in [1.165, 1.54) is 0 Å². The van der Waals surface area contributed by atoms with Crippen molar-refractivity contribution < 1.29 is 9.90 Å². The predicted octanol–water partition coefficient (Wildman–Crippen LogP) is 1.45. The van der Waals surface area contributed by atoms with Crippen LogP contribution in [0.5, 0.6) is 0 Å². The van der Waals surface area contributed by atoms with E-state index >= 15 is 0 Å². The summed E-state index contributed by atoms with van der Waals surface area (Å²) in [6.45, 7) is 6.76. The van der Waals surface area contributed by atoms with Crippen LogP contribution >= 0.6 is 0 Å². The van der Waals surface area contributed by atoms with Gasteiger partial charge in [-0.15, -0.1) is 0 Å². The maximum absolute atomic E-state index is 10.3. The average Bonchev–Trinajstić information content (AvgIpc) is 2.21. The van der Waals surface area contributed by atoms with Crippen molar-refractivity contribution in [3.05, 3.63) is 0 Å². The predicted molar refractivity (Wildman–Crippen MR) is 58.3 cm³/mol. The Labute approximate surface area is 87.1 Å². The Bertz CT molecular complexity index is 131. The van der Waals surface area contributed by atoms with Crippen LogP contribution in [0.3, 0.4) is 0 Å². The van der Waals surface area contributed by atoms with Gasteiger partial charge in [0.1, 0.15) is 12.4 Å². The first-order valence-electron chi connectivity index (χ1n) is 5.60. The molecule has 0 aliphatic heterocycles. The monoisotopic (exact) mass is 201 g/mol. The Morgan fingerprint density at radius 1 is 1.21 bits per heavy atom. The van der Waals surface area contributed by atoms with E-state index in [0.29, 0.717) is 12.8 Å². The molecule has 0 aromatic rings. The van der Waals surface area contributed by atoms with Crippen molar-refractivity contribution in [2.24, 2.45) is 0 Å². The van der Waals surface area contributed by atoms with Crippen molar-refractivity contribution in [1.82, 2.24) is 4.90 Å². The van der Waals surface area contributed by atoms with Crippen molar-refractivity contribution >= 4 is 6.29 Å². The van der Waals surface area contributed by atoms with Gasteiger partial charge in [0, 0.05) is 6.54 Å². The van der Waals surface area contributed by atoms with Gasteiger partial charge in [-0.25, -0.2) is 0 Å². The highest BCUT2D eigenvalue weighted by Gasteiger charge is 2.09. The highest BCUT2D eigenvalue weighted by molar-refractivity contribution is 5.55. The molecule has 84 valence electrons. The zero-order valence-corrected chi connectivity index (χ0v) is 9.41. The van der Waals surface area contributed by atoms with E-state index in [-0.39, 0.29) is 0 Å². The quantitative estimate of drug-likeness (QED) is 0.574. The molecule has 0 aromatic carbocycles. The fraction of sp³-hybridized carbons (Fsp3) is 0.909. The van der Waals surface area contributed by atoms with Gasteiger partial charge in [-0.05, 0) is 25.9 Å². The number of unbranched alkanes of at least 4 members (excludes halogenated alkanes) is 2. The van der Waals surface area contributed by atoms with Crippen molar-refractivity contribution in [2.45, 2.75) is 45.6 Å². The number of rotatable bonds is 9. The molecule has 0 aliphatic carbocycles. The number of hydrogen-bond acceptors (Lipinski definition) is 3. The SMILES string of the molecule is CCCCN(CCCC)CC(O)C=O. The van der Waals surface area contributed by atoms with Crippen molar-refractivity contribution in [3.63, 3.8) is 0 Å². The second-order valence-electron chi connectivity index (χ2n) is 3.71. The van der Waals surface area contributed by atoms with Gasteiger partial charge in [-0.3, -0.25) is 0 Å². The largest absolute Gasteiger partial charge is 0.384 e. The molecule has 0 aliphatic rings. The molecule has 0 heterocycles. The van der Waals surface area contributed by atoms with Crippen molar-refractivity contribution in [1.29, 1.82) is 0 Å². The van der Waals surface area contributed by atoms with Crippen LogP contribution < -0.4 is 0 Å². The second kappa shape index (κ2) is 9.16. The summed E-state index contributed by atoms with van der Waals surface area (Å²) in [6.07, 6.45) is 4.37. The lowest BCUT2D eigenvalue weighted by atomic mass is 10.2. The third-order valence-corrected chi connectivity index (χ3v) is 2.26. The summed E-state index contributed by atoms with van der Waals surface area (Å²) in [5.74, 6) is 0. The lowest BCUT2D eigenvalue weighted by Gasteiger charge is -2.22. The molecule has 1 unspecified atom stereocenters. The fourth-order valence-electron chi connectivity index (χ4n) is 1.37. The molecule has 0 aromatic heterocycles. The standard InChI is InChI=1S/C11H23NO2/c1-3-5-7-12(8-6-4-2)9-11(14)10-13/h10-11,14H,3-9H2,1-2H3. The molecular formula is C11H23NO2. The topological polar surface area (TPSA) is 40.5 Å². The highest BCUT2D eigenvalue weighted by atomic mass is 16.3. The minimum Gasteiger partial charge on any atom is -0.384 e. The first kappa shape index (κ1) is 13.6. The number of aliphatic hydroxyl groups excluding tert-OH is 1. The van der Waals surface area contributed by atoms with Crippen LogP contribution in [0.1, 0.15) is 39.5 Å². The van der Waals surface area contributed by atoms with E-state index in [2.05, 4.69) is 18.7 Å². The second-order valence-corrected chi connectivity index (χ2v) is 3.71. The van der Waals surface area contributed by atoms with E-state index in [1.54, 1.807) is 0 Å². The minimum atomic E-state index is -0.816. The van der Waals surface area contributed by atoms with Gasteiger partial charge in [0.15, 0.2) is 0 Å². The molecule has 0 amide bonds. The number of nitrogens with zero attached hydrogens (tertiary/aromatic N) is 1. The smallest absolute Gasteiger partial charge is 0.149 e. The maximum Gasteiger partial charge on any atom is 0.149 e. The molecule has 3 heteroatoms. The van der Waals surface area contributed by atoms with E-state index < -0.39 is 6.10 Å². The number of hydrogen-bond donors (Lipinski definition) is 1. The van der Waals surface area contributed by atoms with Crippen molar-refractivity contribution in [3.8, 4) is 0 Å². The van der Waals surface area contributed by atoms with Crippen LogP contribution in [-0.2, 0) is 4.79 Å². The molecule has 0 fully saturated rings. The number of carbonyl (C=O) groups excluding carboxylic acids is 1. The first-order chi connectivity index (χ1) is 6.74. The summed E-state index contributed by atoms with van der Waals surface area (Å²) in [6, 6.07) is 0. The normalized spacial score (nSPS) is 13.1. The van der Waals surface area contributed by atoms with Gasteiger partial charge in [-0.1, -0.05) is 26.7 Å². The molecule has 0 bridgehead atoms. The van der Waals surface area contributed by atoms with Crippen LogP contribution in [0.2, 0.25) is 0 Å². The lowest BCUT2D eigenvalue weighted by molar-refractivity contribution is -0.115. The molecule has 14 heavy (non-hydrogen) atoms. The molecule has 0 radical (unpaired) electrons. The summed E-state index contributed by atoms with van der Waals surface area (Å²) in [4.78, 5) is 12.5. The number of carbonyl (C=O) groups is 1. The lowest BCUT2D eigenvalue weighted by Crippen LogP contribution is -2.34. The minimum absolute atomic E-state index is 0.490. The van der Waals surface area contributed by atoms with Gasteiger partial charge in [0.25, 0.3) is 0 Å². The summed E-state index contributed by atoms with van der Waals surface area (Å²) in [7, 11) is 0. The number of aldehydes is 1. The fourth-order valence-corrected chi connectivity index (χ4v) is 1.37. The van der Waals surface area contributed by atoms with E-state index in [0.717, 1.165) is 38.8 Å². The van der Waals surface area contributed by atoms with Crippen molar-refractivity contribution in [2.75, 3.05) is 19.6 Å². The van der Waals surface area contributed by atoms with E-state index in [9.17, 15) is 9.90 Å². The number of aliphatic hydroxyl groups is 1. The average molecular weight is 201 g/mol. The molecular weight excluding hydrogens is 178 g/mol. The summed E-state index contributed by atoms with van der Waals surface area (Å²) >= 11 is 0. The Morgan fingerprint density at radius 2 is 1.71 bits per heavy atom. The van der Waals surface area contributed by atoms with Gasteiger partial charge in [0.2, 0.25) is 0 Å². The molecule has 1 atom stereocenters. The molecule has 3 nitrogen and oxygen atoms in total. The maximum atomic E-state index is 10.3. The summed E-state index contributed by atoms with van der Waals surface area (Å²) < 4.78 is 0. The first-order valence-corrected chi connectivity index (χ1v) is 5.60. The Hall–Kier alpha value is -0.410. The molecule has 0 rings (SSSR count). The molecule has 0 saturated heterocycles. The van der Waals surface area contributed by atoms with Gasteiger partial charge < -0.3 is 14.8 Å². The third kappa shape index (κ3) is 7.04. The zero-order chi connectivity index (χ0) is 10.8. The van der Waals surface area contributed by atoms with Crippen LogP contribution in [0.4, 0.5) is 0 Å². The zero-order valence-electron chi connectivity index (χ0n) is 9.41. The molecule has 0 saturated carbocycles. The summed E-state index contributed by atoms with van der Waals surface area (Å²) in [5, 5.41) is 9.22. The van der Waals surface area contributed by atoms with Crippen LogP contribution in [0.15, 0.2) is 0 Å². The molecule has 0 spiro atoms. The Kier molecular flexibility index (Phi) is 8.89. The summed E-state index contributed by atoms with van der Waals surface area (Å²) in [5.41, 5.74) is 0. The molecule has 1 N–H and O–H groups in total. The van der Waals surface area contributed by atoms with Crippen LogP contribution in [0.25, 0.3) is 0 Å². The van der Waals surface area contributed by atoms with Gasteiger partial charge in [0.05, 0.1) is 0 Å². The van der Waals surface area contributed by atoms with E-state index in [1.807, 2.05) is 0 Å². The van der Waals surface area contributed by atoms with Crippen LogP contribution in [0, 0.1) is 0 Å². The van der Waals surface area contributed by atoms with Gasteiger partial charge in [-0.2, -0.15) is 0 Å². The third-order valence-electron chi connectivity index (χ3n) is 2.26. The van der Waals surface area contributed by atoms with Crippen LogP contribution in [-0.4, -0.2) is 42.0 Å². The highest BCUT2D eigenvalue weighted by Crippen LogP contribution is 2.00. The Morgan fingerprint density at radius 3 is 2.07 bits per heavy atom.